The van der Waals surface area contributed by atoms with E-state index < -0.39 is 11.2 Å². The Bertz CT molecular complexity index is 543. The summed E-state index contributed by atoms with van der Waals surface area (Å²) < 4.78 is 6.82. The lowest BCUT2D eigenvalue weighted by Gasteiger charge is -2.22. The number of H-pyrrole nitrogens is 1. The molecule has 7 heteroatoms. The first-order valence-electron chi connectivity index (χ1n) is 6.54. The van der Waals surface area contributed by atoms with E-state index in [-0.39, 0.29) is 17.6 Å². The molecule has 0 bridgehead atoms. The maximum Gasteiger partial charge on any atom is 0.329 e. The molecule has 0 aromatic carbocycles. The molecule has 4 N–H and O–H groups in total. The smallest absolute Gasteiger partial charge is 0.329 e. The fraction of sp³-hybridized carbons (Fsp3) is 0.667. The van der Waals surface area contributed by atoms with Gasteiger partial charge in [-0.3, -0.25) is 14.3 Å². The van der Waals surface area contributed by atoms with Crippen LogP contribution in [0.2, 0.25) is 0 Å². The number of nitrogens with zero attached hydrogens (tertiary/aromatic N) is 1. The van der Waals surface area contributed by atoms with E-state index in [1.807, 2.05) is 0 Å². The van der Waals surface area contributed by atoms with Crippen molar-refractivity contribution in [2.24, 2.45) is 7.05 Å². The highest BCUT2D eigenvalue weighted by atomic mass is 16.5. The molecule has 0 spiro atoms. The molecular formula is C12H20N4O3. The van der Waals surface area contributed by atoms with E-state index in [1.165, 1.54) is 18.0 Å². The molecule has 1 aliphatic rings. The molecule has 2 rings (SSSR count). The summed E-state index contributed by atoms with van der Waals surface area (Å²) in [5, 5.41) is 2.99. The van der Waals surface area contributed by atoms with Crippen molar-refractivity contribution in [3.05, 3.63) is 20.8 Å². The molecule has 19 heavy (non-hydrogen) atoms. The lowest BCUT2D eigenvalue weighted by Crippen LogP contribution is -2.33. The van der Waals surface area contributed by atoms with Gasteiger partial charge in [0.25, 0.3) is 5.56 Å². The summed E-state index contributed by atoms with van der Waals surface area (Å²) in [5.41, 5.74) is 5.01. The van der Waals surface area contributed by atoms with Crippen LogP contribution < -0.4 is 22.3 Å². The summed E-state index contributed by atoms with van der Waals surface area (Å²) >= 11 is 0. The number of aromatic nitrogens is 2. The molecule has 1 aliphatic heterocycles. The summed E-state index contributed by atoms with van der Waals surface area (Å²) in [5.74, 6) is 0.151. The Labute approximate surface area is 110 Å². The largest absolute Gasteiger partial charge is 0.383 e. The van der Waals surface area contributed by atoms with Crippen molar-refractivity contribution < 1.29 is 4.74 Å². The van der Waals surface area contributed by atoms with E-state index >= 15 is 0 Å². The minimum atomic E-state index is -0.510. The van der Waals surface area contributed by atoms with Crippen LogP contribution in [0.15, 0.2) is 9.59 Å². The van der Waals surface area contributed by atoms with Crippen LogP contribution in [-0.4, -0.2) is 28.8 Å². The highest BCUT2D eigenvalue weighted by Gasteiger charge is 2.14. The number of nitrogens with two attached hydrogens (primary N) is 1. The highest BCUT2D eigenvalue weighted by Crippen LogP contribution is 2.16. The minimum Gasteiger partial charge on any atom is -0.383 e. The molecule has 1 atom stereocenters. The SMILES string of the molecule is Cn1c(N)c(NCCC2CCCCO2)c(=O)[nH]c1=O. The predicted octanol–water partition coefficient (Wildman–Crippen LogP) is 0.0269. The van der Waals surface area contributed by atoms with Crippen molar-refractivity contribution in [2.75, 3.05) is 24.2 Å². The number of nitrogen functional groups attached to an aromatic ring is 1. The highest BCUT2D eigenvalue weighted by molar-refractivity contribution is 5.60. The normalized spacial score (nSPS) is 19.3. The lowest BCUT2D eigenvalue weighted by molar-refractivity contribution is 0.0134. The standard InChI is InChI=1S/C12H20N4O3/c1-16-10(13)9(11(17)15-12(16)18)14-6-5-8-4-2-3-7-19-8/h8,14H,2-7,13H2,1H3,(H,15,17,18). The summed E-state index contributed by atoms with van der Waals surface area (Å²) in [4.78, 5) is 25.2. The Hall–Kier alpha value is -1.76. The zero-order valence-electron chi connectivity index (χ0n) is 11.1. The molecule has 106 valence electrons. The third-order valence-corrected chi connectivity index (χ3v) is 3.41. The van der Waals surface area contributed by atoms with Crippen LogP contribution in [0, 0.1) is 0 Å². The first-order chi connectivity index (χ1) is 9.09. The van der Waals surface area contributed by atoms with Gasteiger partial charge >= 0.3 is 5.69 Å². The third kappa shape index (κ3) is 3.17. The Morgan fingerprint density at radius 1 is 1.47 bits per heavy atom. The van der Waals surface area contributed by atoms with E-state index in [0.717, 1.165) is 25.9 Å². The molecule has 1 saturated heterocycles. The number of hydrogen-bond acceptors (Lipinski definition) is 5. The molecule has 1 unspecified atom stereocenters. The summed E-state index contributed by atoms with van der Waals surface area (Å²) in [6.45, 7) is 1.41. The number of ether oxygens (including phenoxy) is 1. The number of anilines is 2. The Kier molecular flexibility index (Phi) is 4.26. The number of rotatable bonds is 4. The van der Waals surface area contributed by atoms with Crippen LogP contribution in [0.3, 0.4) is 0 Å². The molecule has 1 fully saturated rings. The molecule has 1 aromatic heterocycles. The van der Waals surface area contributed by atoms with Crippen molar-refractivity contribution in [1.82, 2.24) is 9.55 Å². The van der Waals surface area contributed by atoms with Crippen molar-refractivity contribution >= 4 is 11.5 Å². The van der Waals surface area contributed by atoms with Gasteiger partial charge in [0.2, 0.25) is 0 Å². The number of nitrogens with one attached hydrogen (secondary N) is 2. The van der Waals surface area contributed by atoms with E-state index in [4.69, 9.17) is 10.5 Å². The van der Waals surface area contributed by atoms with Gasteiger partial charge in [-0.1, -0.05) is 0 Å². The van der Waals surface area contributed by atoms with Crippen molar-refractivity contribution in [3.63, 3.8) is 0 Å². The van der Waals surface area contributed by atoms with Gasteiger partial charge in [-0.15, -0.1) is 0 Å². The second-order valence-corrected chi connectivity index (χ2v) is 4.78. The van der Waals surface area contributed by atoms with Crippen LogP contribution in [0.25, 0.3) is 0 Å². The number of hydrogen-bond donors (Lipinski definition) is 3. The average Bonchev–Trinajstić information content (AvgIpc) is 2.41. The van der Waals surface area contributed by atoms with Gasteiger partial charge < -0.3 is 15.8 Å². The van der Waals surface area contributed by atoms with Crippen LogP contribution in [0.4, 0.5) is 11.5 Å². The maximum absolute atomic E-state index is 11.7. The molecular weight excluding hydrogens is 248 g/mol. The molecule has 0 radical (unpaired) electrons. The monoisotopic (exact) mass is 268 g/mol. The van der Waals surface area contributed by atoms with Crippen molar-refractivity contribution in [3.8, 4) is 0 Å². The van der Waals surface area contributed by atoms with E-state index in [9.17, 15) is 9.59 Å². The third-order valence-electron chi connectivity index (χ3n) is 3.41. The summed E-state index contributed by atoms with van der Waals surface area (Å²) in [6.07, 6.45) is 4.43. The minimum absolute atomic E-state index is 0.151. The second-order valence-electron chi connectivity index (χ2n) is 4.78. The topological polar surface area (TPSA) is 102 Å². The molecule has 0 saturated carbocycles. The van der Waals surface area contributed by atoms with Gasteiger partial charge in [0.05, 0.1) is 6.10 Å². The first-order valence-corrected chi connectivity index (χ1v) is 6.54. The summed E-state index contributed by atoms with van der Waals surface area (Å²) in [6, 6.07) is 0. The molecule has 0 aliphatic carbocycles. The van der Waals surface area contributed by atoms with E-state index in [0.29, 0.717) is 6.54 Å². The van der Waals surface area contributed by atoms with Gasteiger partial charge in [-0.25, -0.2) is 4.79 Å². The predicted molar refractivity (Wildman–Crippen MR) is 73.4 cm³/mol. The number of aromatic amines is 1. The van der Waals surface area contributed by atoms with Crippen LogP contribution in [-0.2, 0) is 11.8 Å². The molecule has 2 heterocycles. The Morgan fingerprint density at radius 3 is 2.95 bits per heavy atom. The molecule has 1 aromatic rings. The fourth-order valence-electron chi connectivity index (χ4n) is 2.20. The van der Waals surface area contributed by atoms with Gasteiger partial charge in [-0.05, 0) is 25.7 Å². The van der Waals surface area contributed by atoms with Crippen LogP contribution in [0.5, 0.6) is 0 Å². The fourth-order valence-corrected chi connectivity index (χ4v) is 2.20. The first kappa shape index (κ1) is 13.7. The molecule has 0 amide bonds. The summed E-state index contributed by atoms with van der Waals surface area (Å²) in [7, 11) is 1.52. The van der Waals surface area contributed by atoms with Crippen molar-refractivity contribution in [1.29, 1.82) is 0 Å². The quantitative estimate of drug-likeness (QED) is 0.715. The zero-order chi connectivity index (χ0) is 13.8. The lowest BCUT2D eigenvalue weighted by atomic mass is 10.1. The average molecular weight is 268 g/mol. The van der Waals surface area contributed by atoms with Gasteiger partial charge in [0.15, 0.2) is 0 Å². The van der Waals surface area contributed by atoms with Crippen LogP contribution in [0.1, 0.15) is 25.7 Å². The van der Waals surface area contributed by atoms with Crippen molar-refractivity contribution in [2.45, 2.75) is 31.8 Å². The van der Waals surface area contributed by atoms with Gasteiger partial charge in [0.1, 0.15) is 11.5 Å². The van der Waals surface area contributed by atoms with E-state index in [2.05, 4.69) is 10.3 Å². The zero-order valence-corrected chi connectivity index (χ0v) is 11.1. The van der Waals surface area contributed by atoms with Crippen LogP contribution >= 0.6 is 0 Å². The maximum atomic E-state index is 11.7. The molecule has 7 nitrogen and oxygen atoms in total. The second kappa shape index (κ2) is 5.92. The Morgan fingerprint density at radius 2 is 2.26 bits per heavy atom. The van der Waals surface area contributed by atoms with Gasteiger partial charge in [0, 0.05) is 20.2 Å². The Balaban J connectivity index is 1.98. The van der Waals surface area contributed by atoms with Gasteiger partial charge in [-0.2, -0.15) is 0 Å². The van der Waals surface area contributed by atoms with E-state index in [1.54, 1.807) is 0 Å².